The van der Waals surface area contributed by atoms with Crippen molar-refractivity contribution < 1.29 is 19.1 Å². The molecule has 0 saturated carbocycles. The summed E-state index contributed by atoms with van der Waals surface area (Å²) in [5.41, 5.74) is 1.96. The molecule has 0 spiro atoms. The van der Waals surface area contributed by atoms with Gasteiger partial charge in [-0.2, -0.15) is 0 Å². The molecule has 0 fully saturated rings. The molecule has 2 N–H and O–H groups in total. The Morgan fingerprint density at radius 3 is 2.40 bits per heavy atom. The summed E-state index contributed by atoms with van der Waals surface area (Å²) in [7, 11) is 3.32. The second kappa shape index (κ2) is 8.73. The first-order valence-corrected chi connectivity index (χ1v) is 7.93. The van der Waals surface area contributed by atoms with Gasteiger partial charge in [0.25, 0.3) is 5.91 Å². The number of esters is 1. The Kier molecular flexibility index (Phi) is 6.39. The maximum absolute atomic E-state index is 12.2. The van der Waals surface area contributed by atoms with E-state index in [4.69, 9.17) is 9.47 Å². The number of rotatable bonds is 7. The Morgan fingerprint density at radius 2 is 1.76 bits per heavy atom. The lowest BCUT2D eigenvalue weighted by Gasteiger charge is -2.15. The second-order valence-corrected chi connectivity index (χ2v) is 5.41. The third kappa shape index (κ3) is 4.97. The first-order valence-electron chi connectivity index (χ1n) is 7.93. The van der Waals surface area contributed by atoms with Crippen LogP contribution in [0.1, 0.15) is 22.8 Å². The van der Waals surface area contributed by atoms with Crippen molar-refractivity contribution in [2.75, 3.05) is 19.5 Å². The molecule has 2 rings (SSSR count). The highest BCUT2D eigenvalue weighted by Gasteiger charge is 2.20. The molecule has 1 amide bonds. The fourth-order valence-corrected chi connectivity index (χ4v) is 2.23. The van der Waals surface area contributed by atoms with Gasteiger partial charge in [0.15, 0.2) is 6.10 Å². The lowest BCUT2D eigenvalue weighted by Crippen LogP contribution is -2.35. The number of hydrogen-bond donors (Lipinski definition) is 2. The lowest BCUT2D eigenvalue weighted by atomic mass is 10.2. The van der Waals surface area contributed by atoms with E-state index >= 15 is 0 Å². The predicted molar refractivity (Wildman–Crippen MR) is 95.7 cm³/mol. The van der Waals surface area contributed by atoms with Crippen LogP contribution in [0.5, 0.6) is 5.75 Å². The van der Waals surface area contributed by atoms with Crippen LogP contribution in [0.3, 0.4) is 0 Å². The van der Waals surface area contributed by atoms with Crippen LogP contribution in [0, 0.1) is 0 Å². The van der Waals surface area contributed by atoms with Crippen LogP contribution in [0.25, 0.3) is 0 Å². The minimum absolute atomic E-state index is 0.345. The van der Waals surface area contributed by atoms with Gasteiger partial charge in [-0.1, -0.05) is 24.3 Å². The summed E-state index contributed by atoms with van der Waals surface area (Å²) < 4.78 is 10.3. The van der Waals surface area contributed by atoms with Gasteiger partial charge in [-0.15, -0.1) is 0 Å². The molecule has 2 aromatic rings. The molecule has 25 heavy (non-hydrogen) atoms. The van der Waals surface area contributed by atoms with Crippen LogP contribution in [-0.2, 0) is 16.1 Å². The van der Waals surface area contributed by atoms with E-state index in [1.807, 2.05) is 30.3 Å². The molecular formula is C19H22N2O4. The molecule has 0 aromatic heterocycles. The molecule has 1 atom stereocenters. The SMILES string of the molecule is CNc1ccccc1C(=O)O[C@@H](C)C(=O)NCc1ccc(OC)cc1. The number of ether oxygens (including phenoxy) is 2. The van der Waals surface area contributed by atoms with E-state index in [9.17, 15) is 9.59 Å². The summed E-state index contributed by atoms with van der Waals surface area (Å²) in [5.74, 6) is -0.149. The summed E-state index contributed by atoms with van der Waals surface area (Å²) in [6.07, 6.45) is -0.893. The minimum atomic E-state index is -0.893. The van der Waals surface area contributed by atoms with Crippen LogP contribution in [0.4, 0.5) is 5.69 Å². The molecule has 6 heteroatoms. The summed E-state index contributed by atoms with van der Waals surface area (Å²) in [5, 5.41) is 5.67. The van der Waals surface area contributed by atoms with E-state index in [1.54, 1.807) is 39.3 Å². The predicted octanol–water partition coefficient (Wildman–Crippen LogP) is 2.60. The Labute approximate surface area is 147 Å². The average Bonchev–Trinajstić information content (AvgIpc) is 2.66. The molecule has 0 aliphatic heterocycles. The van der Waals surface area contributed by atoms with Crippen molar-refractivity contribution in [3.63, 3.8) is 0 Å². The molecule has 0 aliphatic rings. The van der Waals surface area contributed by atoms with Gasteiger partial charge < -0.3 is 20.1 Å². The van der Waals surface area contributed by atoms with Crippen LogP contribution >= 0.6 is 0 Å². The molecule has 6 nitrogen and oxygen atoms in total. The van der Waals surface area contributed by atoms with Gasteiger partial charge >= 0.3 is 5.97 Å². The first-order chi connectivity index (χ1) is 12.0. The number of benzene rings is 2. The molecule has 0 heterocycles. The fraction of sp³-hybridized carbons (Fsp3) is 0.263. The summed E-state index contributed by atoms with van der Waals surface area (Å²) >= 11 is 0. The monoisotopic (exact) mass is 342 g/mol. The van der Waals surface area contributed by atoms with Gasteiger partial charge in [-0.3, -0.25) is 4.79 Å². The zero-order valence-corrected chi connectivity index (χ0v) is 14.5. The van der Waals surface area contributed by atoms with Gasteiger partial charge in [-0.25, -0.2) is 4.79 Å². The molecule has 0 unspecified atom stereocenters. The van der Waals surface area contributed by atoms with E-state index in [0.29, 0.717) is 17.8 Å². The summed E-state index contributed by atoms with van der Waals surface area (Å²) in [6.45, 7) is 1.89. The van der Waals surface area contributed by atoms with Crippen molar-refractivity contribution in [3.05, 3.63) is 59.7 Å². The van der Waals surface area contributed by atoms with Crippen molar-refractivity contribution in [2.24, 2.45) is 0 Å². The third-order valence-corrected chi connectivity index (χ3v) is 3.70. The highest BCUT2D eigenvalue weighted by Crippen LogP contribution is 2.16. The number of anilines is 1. The van der Waals surface area contributed by atoms with E-state index in [1.165, 1.54) is 0 Å². The van der Waals surface area contributed by atoms with Gasteiger partial charge in [0.1, 0.15) is 5.75 Å². The Morgan fingerprint density at radius 1 is 1.08 bits per heavy atom. The van der Waals surface area contributed by atoms with E-state index < -0.39 is 12.1 Å². The number of methoxy groups -OCH3 is 1. The molecule has 2 aromatic carbocycles. The number of amides is 1. The highest BCUT2D eigenvalue weighted by molar-refractivity contribution is 5.97. The van der Waals surface area contributed by atoms with Gasteiger partial charge in [0.2, 0.25) is 0 Å². The van der Waals surface area contributed by atoms with Crippen molar-refractivity contribution in [3.8, 4) is 5.75 Å². The Bertz CT molecular complexity index is 728. The third-order valence-electron chi connectivity index (χ3n) is 3.70. The number of hydrogen-bond acceptors (Lipinski definition) is 5. The van der Waals surface area contributed by atoms with Crippen molar-refractivity contribution in [1.82, 2.24) is 5.32 Å². The molecule has 132 valence electrons. The Balaban J connectivity index is 1.89. The Hall–Kier alpha value is -3.02. The van der Waals surface area contributed by atoms with Crippen molar-refractivity contribution >= 4 is 17.6 Å². The van der Waals surface area contributed by atoms with E-state index in [0.717, 1.165) is 11.3 Å². The maximum atomic E-state index is 12.2. The fourth-order valence-electron chi connectivity index (χ4n) is 2.23. The normalized spacial score (nSPS) is 11.3. The number of nitrogens with one attached hydrogen (secondary N) is 2. The van der Waals surface area contributed by atoms with Crippen molar-refractivity contribution in [1.29, 1.82) is 0 Å². The van der Waals surface area contributed by atoms with Crippen molar-refractivity contribution in [2.45, 2.75) is 19.6 Å². The maximum Gasteiger partial charge on any atom is 0.341 e. The van der Waals surface area contributed by atoms with Crippen LogP contribution in [0.15, 0.2) is 48.5 Å². The lowest BCUT2D eigenvalue weighted by molar-refractivity contribution is -0.129. The zero-order chi connectivity index (χ0) is 18.2. The molecule has 0 bridgehead atoms. The topological polar surface area (TPSA) is 76.7 Å². The molecule has 0 aliphatic carbocycles. The van der Waals surface area contributed by atoms with Crippen LogP contribution in [-0.4, -0.2) is 32.1 Å². The molecule has 0 radical (unpaired) electrons. The number of carbonyl (C=O) groups is 2. The number of carbonyl (C=O) groups excluding carboxylic acids is 2. The summed E-state index contributed by atoms with van der Waals surface area (Å²) in [6, 6.07) is 14.3. The molecule has 0 saturated heterocycles. The summed E-state index contributed by atoms with van der Waals surface area (Å²) in [4.78, 5) is 24.4. The standard InChI is InChI=1S/C19H22N2O4/c1-13(25-19(23)16-6-4-5-7-17(16)20-2)18(22)21-12-14-8-10-15(24-3)11-9-14/h4-11,13,20H,12H2,1-3H3,(H,21,22)/t13-/m0/s1. The average molecular weight is 342 g/mol. The smallest absolute Gasteiger partial charge is 0.341 e. The van der Waals surface area contributed by atoms with Gasteiger partial charge in [-0.05, 0) is 36.8 Å². The van der Waals surface area contributed by atoms with Gasteiger partial charge in [0, 0.05) is 19.3 Å². The quantitative estimate of drug-likeness (QED) is 0.757. The van der Waals surface area contributed by atoms with E-state index in [2.05, 4.69) is 10.6 Å². The van der Waals surface area contributed by atoms with E-state index in [-0.39, 0.29) is 5.91 Å². The second-order valence-electron chi connectivity index (χ2n) is 5.41. The van der Waals surface area contributed by atoms with Gasteiger partial charge in [0.05, 0.1) is 12.7 Å². The largest absolute Gasteiger partial charge is 0.497 e. The highest BCUT2D eigenvalue weighted by atomic mass is 16.5. The van der Waals surface area contributed by atoms with Crippen LogP contribution < -0.4 is 15.4 Å². The molecular weight excluding hydrogens is 320 g/mol. The zero-order valence-electron chi connectivity index (χ0n) is 14.5. The van der Waals surface area contributed by atoms with Crippen LogP contribution in [0.2, 0.25) is 0 Å². The first kappa shape index (κ1) is 18.3. The minimum Gasteiger partial charge on any atom is -0.497 e. The number of para-hydroxylation sites is 1.